The number of nitrogens with two attached hydrogens (primary N) is 1. The molecule has 20 heavy (non-hydrogen) atoms. The van der Waals surface area contributed by atoms with Crippen molar-refractivity contribution in [3.63, 3.8) is 0 Å². The van der Waals surface area contributed by atoms with E-state index in [1.165, 1.54) is 0 Å². The third-order valence-corrected chi connectivity index (χ3v) is 3.95. The summed E-state index contributed by atoms with van der Waals surface area (Å²) in [5.74, 6) is 2.19. The molecule has 1 aromatic rings. The van der Waals surface area contributed by atoms with Crippen molar-refractivity contribution in [3.8, 4) is 11.8 Å². The molecule has 0 fully saturated rings. The summed E-state index contributed by atoms with van der Waals surface area (Å²) in [6.07, 6.45) is 1.13. The number of hydrogen-bond donors (Lipinski definition) is 1. The van der Waals surface area contributed by atoms with Crippen molar-refractivity contribution in [2.75, 3.05) is 6.61 Å². The molecule has 0 bridgehead atoms. The highest BCUT2D eigenvalue weighted by Gasteiger charge is 2.59. The fourth-order valence-electron chi connectivity index (χ4n) is 2.48. The summed E-state index contributed by atoms with van der Waals surface area (Å²) < 4.78 is 34.4. The molecule has 0 unspecified atom stereocenters. The fourth-order valence-corrected chi connectivity index (χ4v) is 2.84. The highest BCUT2D eigenvalue weighted by atomic mass is 79.9. The van der Waals surface area contributed by atoms with Crippen LogP contribution in [0.5, 0.6) is 0 Å². The van der Waals surface area contributed by atoms with Gasteiger partial charge >= 0.3 is 5.92 Å². The zero-order valence-electron chi connectivity index (χ0n) is 10.4. The Morgan fingerprint density at radius 2 is 2.20 bits per heavy atom. The van der Waals surface area contributed by atoms with E-state index >= 15 is 0 Å². The molecule has 1 spiro atoms. The Hall–Kier alpha value is -1.61. The smallest absolute Gasteiger partial charge is 0.321 e. The minimum Gasteiger partial charge on any atom is -0.459 e. The van der Waals surface area contributed by atoms with Gasteiger partial charge in [-0.1, -0.05) is 33.8 Å². The lowest BCUT2D eigenvalue weighted by Gasteiger charge is -2.37. The molecule has 2 N–H and O–H groups in total. The van der Waals surface area contributed by atoms with Crippen LogP contribution < -0.4 is 5.73 Å². The number of rotatable bonds is 0. The van der Waals surface area contributed by atoms with Gasteiger partial charge in [0.05, 0.1) is 0 Å². The maximum Gasteiger partial charge on any atom is 0.321 e. The summed E-state index contributed by atoms with van der Waals surface area (Å²) in [7, 11) is 0. The summed E-state index contributed by atoms with van der Waals surface area (Å²) in [5, 5.41) is 0. The molecular formula is C14H11BrF2N2O. The Labute approximate surface area is 123 Å². The van der Waals surface area contributed by atoms with Crippen molar-refractivity contribution >= 4 is 22.0 Å². The second-order valence-corrected chi connectivity index (χ2v) is 5.67. The first-order valence-corrected chi connectivity index (χ1v) is 6.89. The van der Waals surface area contributed by atoms with Crippen molar-refractivity contribution in [2.24, 2.45) is 10.7 Å². The molecule has 2 aliphatic rings. The number of amidine groups is 1. The second kappa shape index (κ2) is 4.45. The number of nitrogens with zero attached hydrogens (tertiary/aromatic N) is 1. The number of fused-ring (bicyclic) bond motifs is 2. The summed E-state index contributed by atoms with van der Waals surface area (Å²) in [4.78, 5) is 3.90. The minimum absolute atomic E-state index is 0.252. The lowest BCUT2D eigenvalue weighted by Crippen LogP contribution is -2.52. The highest BCUT2D eigenvalue weighted by molar-refractivity contribution is 9.10. The lowest BCUT2D eigenvalue weighted by molar-refractivity contribution is -0.102. The van der Waals surface area contributed by atoms with Gasteiger partial charge in [0.2, 0.25) is 5.54 Å². The first-order valence-electron chi connectivity index (χ1n) is 6.09. The van der Waals surface area contributed by atoms with Gasteiger partial charge in [0.1, 0.15) is 0 Å². The molecule has 6 heteroatoms. The van der Waals surface area contributed by atoms with Gasteiger partial charge in [0.15, 0.2) is 6.61 Å². The highest BCUT2D eigenvalue weighted by Crippen LogP contribution is 2.46. The second-order valence-electron chi connectivity index (χ2n) is 4.76. The summed E-state index contributed by atoms with van der Waals surface area (Å²) in [5.41, 5.74) is 4.76. The van der Waals surface area contributed by atoms with Crippen LogP contribution in [-0.4, -0.2) is 18.6 Å². The van der Waals surface area contributed by atoms with Crippen LogP contribution in [-0.2, 0) is 16.7 Å². The monoisotopic (exact) mass is 340 g/mol. The van der Waals surface area contributed by atoms with Crippen LogP contribution in [0.25, 0.3) is 0 Å². The van der Waals surface area contributed by atoms with E-state index in [0.717, 1.165) is 5.56 Å². The third kappa shape index (κ3) is 1.88. The molecule has 1 aromatic carbocycles. The Balaban J connectivity index is 2.33. The Kier molecular flexibility index (Phi) is 2.98. The van der Waals surface area contributed by atoms with E-state index in [2.05, 4.69) is 32.8 Å². The molecule has 1 heterocycles. The predicted molar refractivity (Wildman–Crippen MR) is 74.4 cm³/mol. The molecule has 104 valence electrons. The predicted octanol–water partition coefficient (Wildman–Crippen LogP) is 2.57. The standard InChI is InChI=1S/C14H11BrF2N2O/c15-10-5-4-9-3-1-2-6-13(11(9)7-10)14(16,17)8-20-12(18)19-13/h4-5,7H,1,3,8H2,(H2,18,19)/t13-/m1/s1. The summed E-state index contributed by atoms with van der Waals surface area (Å²) in [6, 6.07) is 5.03. The largest absolute Gasteiger partial charge is 0.459 e. The molecule has 1 aliphatic heterocycles. The Morgan fingerprint density at radius 3 is 3.00 bits per heavy atom. The molecule has 0 radical (unpaired) electrons. The van der Waals surface area contributed by atoms with Gasteiger partial charge in [0.25, 0.3) is 6.02 Å². The van der Waals surface area contributed by atoms with Crippen LogP contribution in [0.3, 0.4) is 0 Å². The molecule has 0 saturated carbocycles. The number of alkyl halides is 2. The van der Waals surface area contributed by atoms with E-state index in [4.69, 9.17) is 10.5 Å². The first-order chi connectivity index (χ1) is 9.45. The number of hydrogen-bond acceptors (Lipinski definition) is 3. The van der Waals surface area contributed by atoms with Crippen molar-refractivity contribution < 1.29 is 13.5 Å². The van der Waals surface area contributed by atoms with Crippen molar-refractivity contribution in [1.29, 1.82) is 0 Å². The van der Waals surface area contributed by atoms with Crippen molar-refractivity contribution in [3.05, 3.63) is 33.8 Å². The van der Waals surface area contributed by atoms with E-state index in [1.807, 2.05) is 12.1 Å². The molecule has 0 aromatic heterocycles. The van der Waals surface area contributed by atoms with Crippen molar-refractivity contribution in [1.82, 2.24) is 0 Å². The number of aryl methyl sites for hydroxylation is 1. The van der Waals surface area contributed by atoms with Crippen LogP contribution >= 0.6 is 15.9 Å². The average molecular weight is 341 g/mol. The maximum absolute atomic E-state index is 14.5. The van der Waals surface area contributed by atoms with Crippen molar-refractivity contribution in [2.45, 2.75) is 24.3 Å². The van der Waals surface area contributed by atoms with Gasteiger partial charge in [-0.25, -0.2) is 4.99 Å². The summed E-state index contributed by atoms with van der Waals surface area (Å²) >= 11 is 3.31. The van der Waals surface area contributed by atoms with E-state index in [-0.39, 0.29) is 6.02 Å². The summed E-state index contributed by atoms with van der Waals surface area (Å²) in [6.45, 7) is -0.817. The lowest BCUT2D eigenvalue weighted by atomic mass is 9.82. The van der Waals surface area contributed by atoms with Gasteiger partial charge in [-0.05, 0) is 24.1 Å². The molecular weight excluding hydrogens is 330 g/mol. The van der Waals surface area contributed by atoms with E-state index < -0.39 is 18.1 Å². The molecule has 1 atom stereocenters. The number of ether oxygens (including phenoxy) is 1. The topological polar surface area (TPSA) is 47.6 Å². The van der Waals surface area contributed by atoms with Crippen LogP contribution in [0.2, 0.25) is 0 Å². The van der Waals surface area contributed by atoms with Crippen LogP contribution in [0.15, 0.2) is 27.7 Å². The van der Waals surface area contributed by atoms with Crippen LogP contribution in [0.1, 0.15) is 17.5 Å². The van der Waals surface area contributed by atoms with Crippen LogP contribution in [0, 0.1) is 11.8 Å². The van der Waals surface area contributed by atoms with Gasteiger partial charge in [-0.3, -0.25) is 0 Å². The van der Waals surface area contributed by atoms with Crippen LogP contribution in [0.4, 0.5) is 8.78 Å². The fraction of sp³-hybridized carbons (Fsp3) is 0.357. The molecule has 0 amide bonds. The molecule has 3 rings (SSSR count). The number of aliphatic imine (C=N–C) groups is 1. The minimum atomic E-state index is -3.23. The quantitative estimate of drug-likeness (QED) is 0.738. The first kappa shape index (κ1) is 13.4. The third-order valence-electron chi connectivity index (χ3n) is 3.46. The van der Waals surface area contributed by atoms with Gasteiger partial charge in [-0.2, -0.15) is 8.78 Å². The zero-order chi connectivity index (χ0) is 14.4. The average Bonchev–Trinajstić information content (AvgIpc) is 2.56. The van der Waals surface area contributed by atoms with E-state index in [0.29, 0.717) is 22.9 Å². The normalized spacial score (nSPS) is 26.6. The molecule has 1 aliphatic carbocycles. The van der Waals surface area contributed by atoms with Gasteiger partial charge in [0, 0.05) is 16.5 Å². The maximum atomic E-state index is 14.5. The molecule has 3 nitrogen and oxygen atoms in total. The molecule has 0 saturated heterocycles. The number of benzene rings is 1. The van der Waals surface area contributed by atoms with E-state index in [9.17, 15) is 8.78 Å². The van der Waals surface area contributed by atoms with Gasteiger partial charge < -0.3 is 10.5 Å². The Bertz CT molecular complexity index is 663. The zero-order valence-corrected chi connectivity index (χ0v) is 12.0. The Morgan fingerprint density at radius 1 is 1.40 bits per heavy atom. The number of halogens is 3. The van der Waals surface area contributed by atoms with Gasteiger partial charge in [-0.15, -0.1) is 0 Å². The SMILES string of the molecule is NC1=N[C@@]2(C#CCCc3ccc(Br)cc32)C(F)(F)CO1. The van der Waals surface area contributed by atoms with E-state index in [1.54, 1.807) is 6.07 Å².